The predicted molar refractivity (Wildman–Crippen MR) is 235 cm³/mol. The zero-order valence-electron chi connectivity index (χ0n) is 35.6. The Balaban J connectivity index is 1.19. The number of hydrogen-bond acceptors (Lipinski definition) is 11. The standard InChI is InChI=1S/C44H51N13O5/c1-6-56-34(20-27(4)51-56)41-47-25-32-31-22-30(40(46)59)24-36(62-16-10-11-53-14-17-61-18-15-53)38(31)54(42(32)49-41)12-8-9-13-55-37-26(3)19-29(39(45)58)23-33(37)48-44(55)50-43(60)35-21-28(5)52-57(35)7-2/h8-9,19-25H,6-7,10-18H2,1-5H3,(H2,45,58)(H2,46,59)(H,48,50,60). The van der Waals surface area contributed by atoms with E-state index in [1.54, 1.807) is 41.2 Å². The maximum atomic E-state index is 13.7. The van der Waals surface area contributed by atoms with E-state index in [1.165, 1.54) is 0 Å². The number of nitrogens with one attached hydrogen (secondary N) is 1. The van der Waals surface area contributed by atoms with Crippen LogP contribution < -0.4 is 21.5 Å². The molecule has 1 saturated heterocycles. The van der Waals surface area contributed by atoms with Gasteiger partial charge in [-0.25, -0.2) is 15.0 Å². The van der Waals surface area contributed by atoms with Gasteiger partial charge in [-0.15, -0.1) is 0 Å². The first-order valence-corrected chi connectivity index (χ1v) is 20.9. The molecule has 62 heavy (non-hydrogen) atoms. The van der Waals surface area contributed by atoms with Gasteiger partial charge in [0.25, 0.3) is 5.91 Å². The van der Waals surface area contributed by atoms with Crippen LogP contribution in [0.15, 0.2) is 54.7 Å². The molecule has 1 aliphatic rings. The topological polar surface area (TPSA) is 221 Å². The zero-order valence-corrected chi connectivity index (χ0v) is 35.6. The van der Waals surface area contributed by atoms with Crippen molar-refractivity contribution in [1.82, 2.24) is 48.5 Å². The highest BCUT2D eigenvalue weighted by atomic mass is 16.5. The fourth-order valence-electron chi connectivity index (χ4n) is 8.17. The number of anilines is 1. The van der Waals surface area contributed by atoms with Gasteiger partial charge in [0.2, 0.25) is 17.8 Å². The van der Waals surface area contributed by atoms with E-state index in [1.807, 2.05) is 62.1 Å². The molecule has 7 aromatic rings. The van der Waals surface area contributed by atoms with E-state index in [0.717, 1.165) is 70.5 Å². The second-order valence-electron chi connectivity index (χ2n) is 15.4. The van der Waals surface area contributed by atoms with E-state index in [4.69, 9.17) is 35.9 Å². The average Bonchev–Trinajstić information content (AvgIpc) is 4.02. The Bertz CT molecular complexity index is 2880. The number of ether oxygens (including phenoxy) is 2. The van der Waals surface area contributed by atoms with Gasteiger partial charge < -0.3 is 30.1 Å². The lowest BCUT2D eigenvalue weighted by Crippen LogP contribution is -2.37. The molecule has 322 valence electrons. The summed E-state index contributed by atoms with van der Waals surface area (Å²) in [6, 6.07) is 10.5. The summed E-state index contributed by atoms with van der Waals surface area (Å²) < 4.78 is 19.5. The zero-order chi connectivity index (χ0) is 43.7. The molecule has 0 radical (unpaired) electrons. The van der Waals surface area contributed by atoms with E-state index >= 15 is 0 Å². The Morgan fingerprint density at radius 2 is 1.52 bits per heavy atom. The fraction of sp³-hybridized carbons (Fsp3) is 0.364. The Hall–Kier alpha value is -6.92. The first-order valence-electron chi connectivity index (χ1n) is 20.9. The molecule has 5 N–H and O–H groups in total. The Morgan fingerprint density at radius 1 is 0.823 bits per heavy atom. The number of aryl methyl sites for hydroxylation is 5. The summed E-state index contributed by atoms with van der Waals surface area (Å²) in [7, 11) is 0. The van der Waals surface area contributed by atoms with Crippen LogP contribution in [0.2, 0.25) is 0 Å². The Kier molecular flexibility index (Phi) is 11.9. The smallest absolute Gasteiger partial charge is 0.276 e. The van der Waals surface area contributed by atoms with Gasteiger partial charge in [-0.1, -0.05) is 12.2 Å². The minimum Gasteiger partial charge on any atom is -0.491 e. The number of carbonyl (C=O) groups excluding carboxylic acids is 3. The van der Waals surface area contributed by atoms with Crippen molar-refractivity contribution in [3.8, 4) is 17.3 Å². The van der Waals surface area contributed by atoms with Gasteiger partial charge in [0.1, 0.15) is 22.8 Å². The maximum absolute atomic E-state index is 13.7. The largest absolute Gasteiger partial charge is 0.491 e. The van der Waals surface area contributed by atoms with E-state index in [2.05, 4.69) is 25.0 Å². The van der Waals surface area contributed by atoms with Crippen LogP contribution in [-0.4, -0.2) is 106 Å². The molecule has 3 amide bonds. The number of aromatic nitrogens is 9. The highest BCUT2D eigenvalue weighted by Gasteiger charge is 2.23. The minimum absolute atomic E-state index is 0.296. The highest BCUT2D eigenvalue weighted by molar-refractivity contribution is 6.12. The lowest BCUT2D eigenvalue weighted by Gasteiger charge is -2.26. The second-order valence-corrected chi connectivity index (χ2v) is 15.4. The molecule has 0 unspecified atom stereocenters. The van der Waals surface area contributed by atoms with Crippen molar-refractivity contribution in [2.45, 2.75) is 67.2 Å². The summed E-state index contributed by atoms with van der Waals surface area (Å²) in [6.45, 7) is 15.8. The van der Waals surface area contributed by atoms with Crippen molar-refractivity contribution in [3.63, 3.8) is 0 Å². The van der Waals surface area contributed by atoms with Crippen LogP contribution in [-0.2, 0) is 30.9 Å². The first-order chi connectivity index (χ1) is 29.9. The van der Waals surface area contributed by atoms with Crippen molar-refractivity contribution in [3.05, 3.63) is 88.5 Å². The summed E-state index contributed by atoms with van der Waals surface area (Å²) in [4.78, 5) is 55.7. The Morgan fingerprint density at radius 3 is 2.24 bits per heavy atom. The second kappa shape index (κ2) is 17.6. The molecule has 1 fully saturated rings. The monoisotopic (exact) mass is 841 g/mol. The Labute approximate surface area is 357 Å². The normalized spacial score (nSPS) is 13.6. The number of morpholine rings is 1. The number of nitrogens with two attached hydrogens (primary N) is 2. The lowest BCUT2D eigenvalue weighted by atomic mass is 10.1. The molecule has 0 spiro atoms. The van der Waals surface area contributed by atoms with Gasteiger partial charge in [-0.05, 0) is 83.0 Å². The summed E-state index contributed by atoms with van der Waals surface area (Å²) in [5.74, 6) is -0.207. The van der Waals surface area contributed by atoms with Crippen LogP contribution in [0.1, 0.15) is 68.4 Å². The van der Waals surface area contributed by atoms with Gasteiger partial charge in [0.15, 0.2) is 5.82 Å². The van der Waals surface area contributed by atoms with Crippen LogP contribution in [0.4, 0.5) is 5.95 Å². The van der Waals surface area contributed by atoms with Crippen molar-refractivity contribution in [1.29, 1.82) is 0 Å². The third kappa shape index (κ3) is 8.25. The highest BCUT2D eigenvalue weighted by Crippen LogP contribution is 2.37. The van der Waals surface area contributed by atoms with E-state index in [-0.39, 0.29) is 5.91 Å². The van der Waals surface area contributed by atoms with Crippen molar-refractivity contribution in [2.75, 3.05) is 44.8 Å². The number of allylic oxidation sites excluding steroid dienone is 2. The molecule has 6 heterocycles. The predicted octanol–water partition coefficient (Wildman–Crippen LogP) is 4.77. The molecule has 0 bridgehead atoms. The van der Waals surface area contributed by atoms with E-state index in [0.29, 0.717) is 91.5 Å². The first kappa shape index (κ1) is 41.8. The molecule has 1 aliphatic heterocycles. The molecular formula is C44H51N13O5. The van der Waals surface area contributed by atoms with Gasteiger partial charge in [0.05, 0.1) is 47.8 Å². The van der Waals surface area contributed by atoms with Gasteiger partial charge in [0, 0.05) is 73.9 Å². The molecule has 0 saturated carbocycles. The lowest BCUT2D eigenvalue weighted by molar-refractivity contribution is 0.0358. The minimum atomic E-state index is -0.576. The number of carbonyl (C=O) groups is 3. The van der Waals surface area contributed by atoms with Gasteiger partial charge >= 0.3 is 0 Å². The molecular weight excluding hydrogens is 791 g/mol. The number of nitrogens with zero attached hydrogens (tertiary/aromatic N) is 10. The summed E-state index contributed by atoms with van der Waals surface area (Å²) in [6.07, 6.45) is 6.53. The molecule has 18 heteroatoms. The van der Waals surface area contributed by atoms with Crippen LogP contribution >= 0.6 is 0 Å². The van der Waals surface area contributed by atoms with Gasteiger partial charge in [-0.3, -0.25) is 34.0 Å². The number of benzene rings is 2. The number of primary amides is 2. The van der Waals surface area contributed by atoms with Crippen LogP contribution in [0.3, 0.4) is 0 Å². The van der Waals surface area contributed by atoms with Crippen LogP contribution in [0, 0.1) is 20.8 Å². The fourth-order valence-corrected chi connectivity index (χ4v) is 8.17. The summed E-state index contributed by atoms with van der Waals surface area (Å²) in [5, 5.41) is 13.5. The molecule has 18 nitrogen and oxygen atoms in total. The van der Waals surface area contributed by atoms with Crippen molar-refractivity contribution >= 4 is 56.6 Å². The molecule has 5 aromatic heterocycles. The molecule has 0 aliphatic carbocycles. The number of hydrogen-bond donors (Lipinski definition) is 3. The third-order valence-corrected chi connectivity index (χ3v) is 11.1. The summed E-state index contributed by atoms with van der Waals surface area (Å²) in [5.41, 5.74) is 18.3. The maximum Gasteiger partial charge on any atom is 0.276 e. The third-order valence-electron chi connectivity index (χ3n) is 11.1. The van der Waals surface area contributed by atoms with Crippen molar-refractivity contribution in [2.24, 2.45) is 11.5 Å². The van der Waals surface area contributed by atoms with Crippen LogP contribution in [0.25, 0.3) is 44.5 Å². The van der Waals surface area contributed by atoms with Crippen LogP contribution in [0.5, 0.6) is 5.75 Å². The SMILES string of the molecule is CCn1nc(C)cc1C(=O)Nc1nc2cc(C(N)=O)cc(C)c2n1CC=CCn1c2nc(-c3cc(C)nn3CC)ncc2c2cc(C(N)=O)cc(OCCCN3CCOCC3)c21. The molecule has 0 atom stereocenters. The summed E-state index contributed by atoms with van der Waals surface area (Å²) >= 11 is 0. The van der Waals surface area contributed by atoms with Gasteiger partial charge in [-0.2, -0.15) is 10.2 Å². The van der Waals surface area contributed by atoms with E-state index < -0.39 is 11.8 Å². The molecule has 2 aromatic carbocycles. The number of amides is 3. The van der Waals surface area contributed by atoms with E-state index in [9.17, 15) is 14.4 Å². The number of imidazole rings is 1. The van der Waals surface area contributed by atoms with Crippen molar-refractivity contribution < 1.29 is 23.9 Å². The average molecular weight is 842 g/mol. The molecule has 8 rings (SSSR count). The quantitative estimate of drug-likeness (QED) is 0.0889. The number of rotatable bonds is 16. The number of fused-ring (bicyclic) bond motifs is 4.